The van der Waals surface area contributed by atoms with Crippen molar-refractivity contribution in [3.8, 4) is 11.5 Å². The number of rotatable bonds is 8. The molecule has 23 heavy (non-hydrogen) atoms. The lowest BCUT2D eigenvalue weighted by Crippen LogP contribution is -2.44. The third-order valence-electron chi connectivity index (χ3n) is 3.87. The van der Waals surface area contributed by atoms with Crippen molar-refractivity contribution in [2.75, 3.05) is 46.6 Å². The number of ether oxygens (including phenoxy) is 3. The predicted octanol–water partition coefficient (Wildman–Crippen LogP) is 2.67. The van der Waals surface area contributed by atoms with Crippen molar-refractivity contribution in [3.63, 3.8) is 0 Å². The molecule has 0 amide bonds. The van der Waals surface area contributed by atoms with Crippen molar-refractivity contribution in [2.45, 2.75) is 26.4 Å². The summed E-state index contributed by atoms with van der Waals surface area (Å²) in [5, 5.41) is 3.58. The van der Waals surface area contributed by atoms with E-state index in [4.69, 9.17) is 14.2 Å². The van der Waals surface area contributed by atoms with E-state index in [0.29, 0.717) is 12.6 Å². The van der Waals surface area contributed by atoms with E-state index in [1.165, 1.54) is 5.56 Å². The van der Waals surface area contributed by atoms with Gasteiger partial charge in [-0.2, -0.15) is 0 Å². The van der Waals surface area contributed by atoms with Crippen molar-refractivity contribution in [1.29, 1.82) is 0 Å². The minimum Gasteiger partial charge on any atom is -0.493 e. The Bertz CT molecular complexity index is 493. The number of nitrogens with one attached hydrogen (secondary N) is 1. The molecule has 0 bridgehead atoms. The standard InChI is InChI=1S/C17H27BrN2O3/c1-4-23-17-15(18)9-14(10-16(17)21-3)11-19-13(2)12-20-5-7-22-8-6-20/h9-10,13,19H,4-8,11-12H2,1-3H3. The molecule has 1 aliphatic rings. The molecule has 0 radical (unpaired) electrons. The maximum atomic E-state index is 5.63. The lowest BCUT2D eigenvalue weighted by molar-refractivity contribution is 0.0343. The van der Waals surface area contributed by atoms with Gasteiger partial charge in [0, 0.05) is 32.2 Å². The highest BCUT2D eigenvalue weighted by atomic mass is 79.9. The highest BCUT2D eigenvalue weighted by Crippen LogP contribution is 2.36. The molecule has 0 saturated carbocycles. The molecule has 1 unspecified atom stereocenters. The van der Waals surface area contributed by atoms with Gasteiger partial charge in [0.05, 0.1) is 31.4 Å². The monoisotopic (exact) mass is 386 g/mol. The van der Waals surface area contributed by atoms with Gasteiger partial charge in [0.2, 0.25) is 0 Å². The average Bonchev–Trinajstić information content (AvgIpc) is 2.56. The summed E-state index contributed by atoms with van der Waals surface area (Å²) in [4.78, 5) is 2.44. The molecule has 0 aromatic heterocycles. The van der Waals surface area contributed by atoms with Crippen LogP contribution in [0.5, 0.6) is 11.5 Å². The molecular formula is C17H27BrN2O3. The van der Waals surface area contributed by atoms with E-state index >= 15 is 0 Å². The highest BCUT2D eigenvalue weighted by molar-refractivity contribution is 9.10. The third-order valence-corrected chi connectivity index (χ3v) is 4.46. The van der Waals surface area contributed by atoms with Crippen LogP contribution >= 0.6 is 15.9 Å². The molecule has 0 aliphatic carbocycles. The summed E-state index contributed by atoms with van der Waals surface area (Å²) in [6.45, 7) is 10.4. The van der Waals surface area contributed by atoms with E-state index in [1.807, 2.05) is 13.0 Å². The first-order valence-corrected chi connectivity index (χ1v) is 8.96. The average molecular weight is 387 g/mol. The minimum atomic E-state index is 0.421. The quantitative estimate of drug-likeness (QED) is 0.743. The minimum absolute atomic E-state index is 0.421. The first kappa shape index (κ1) is 18.5. The van der Waals surface area contributed by atoms with Crippen LogP contribution in [0.4, 0.5) is 0 Å². The van der Waals surface area contributed by atoms with E-state index in [1.54, 1.807) is 7.11 Å². The van der Waals surface area contributed by atoms with Crippen LogP contribution in [0.2, 0.25) is 0 Å². The Morgan fingerprint density at radius 3 is 2.74 bits per heavy atom. The second kappa shape index (κ2) is 9.47. The number of hydrogen-bond donors (Lipinski definition) is 1. The van der Waals surface area contributed by atoms with Crippen LogP contribution < -0.4 is 14.8 Å². The second-order valence-electron chi connectivity index (χ2n) is 5.74. The van der Waals surface area contributed by atoms with Crippen LogP contribution in [0.25, 0.3) is 0 Å². The molecule has 1 atom stereocenters. The van der Waals surface area contributed by atoms with Crippen LogP contribution in [-0.2, 0) is 11.3 Å². The molecule has 1 aromatic carbocycles. The number of methoxy groups -OCH3 is 1. The Hall–Kier alpha value is -0.820. The molecule has 130 valence electrons. The highest BCUT2D eigenvalue weighted by Gasteiger charge is 2.15. The maximum absolute atomic E-state index is 5.63. The molecule has 1 aliphatic heterocycles. The Morgan fingerprint density at radius 1 is 1.35 bits per heavy atom. The van der Waals surface area contributed by atoms with Gasteiger partial charge in [-0.25, -0.2) is 0 Å². The summed E-state index contributed by atoms with van der Waals surface area (Å²) in [5.41, 5.74) is 1.17. The molecule has 5 nitrogen and oxygen atoms in total. The van der Waals surface area contributed by atoms with Crippen molar-refractivity contribution in [2.24, 2.45) is 0 Å². The lowest BCUT2D eigenvalue weighted by Gasteiger charge is -2.29. The Labute approximate surface area is 147 Å². The molecular weight excluding hydrogens is 360 g/mol. The van der Waals surface area contributed by atoms with Gasteiger partial charge in [-0.3, -0.25) is 4.90 Å². The summed E-state index contributed by atoms with van der Waals surface area (Å²) >= 11 is 3.57. The van der Waals surface area contributed by atoms with Crippen LogP contribution in [0.15, 0.2) is 16.6 Å². The third kappa shape index (κ3) is 5.64. The molecule has 1 aromatic rings. The van der Waals surface area contributed by atoms with Gasteiger partial charge in [-0.15, -0.1) is 0 Å². The summed E-state index contributed by atoms with van der Waals surface area (Å²) in [6.07, 6.45) is 0. The zero-order valence-corrected chi connectivity index (χ0v) is 15.8. The Morgan fingerprint density at radius 2 is 2.09 bits per heavy atom. The van der Waals surface area contributed by atoms with Crippen LogP contribution in [-0.4, -0.2) is 57.5 Å². The fraction of sp³-hybridized carbons (Fsp3) is 0.647. The van der Waals surface area contributed by atoms with Crippen molar-refractivity contribution in [3.05, 3.63) is 22.2 Å². The number of nitrogens with zero attached hydrogens (tertiary/aromatic N) is 1. The zero-order chi connectivity index (χ0) is 16.7. The van der Waals surface area contributed by atoms with Gasteiger partial charge < -0.3 is 19.5 Å². The topological polar surface area (TPSA) is 43.0 Å². The largest absolute Gasteiger partial charge is 0.493 e. The summed E-state index contributed by atoms with van der Waals surface area (Å²) in [6, 6.07) is 4.54. The SMILES string of the molecule is CCOc1c(Br)cc(CNC(C)CN2CCOCC2)cc1OC. The van der Waals surface area contributed by atoms with Gasteiger partial charge in [-0.05, 0) is 47.5 Å². The van der Waals surface area contributed by atoms with Gasteiger partial charge in [0.15, 0.2) is 11.5 Å². The second-order valence-corrected chi connectivity index (χ2v) is 6.59. The van der Waals surface area contributed by atoms with Gasteiger partial charge in [-0.1, -0.05) is 0 Å². The fourth-order valence-corrected chi connectivity index (χ4v) is 3.29. The molecule has 1 fully saturated rings. The van der Waals surface area contributed by atoms with Gasteiger partial charge in [0.1, 0.15) is 0 Å². The number of benzene rings is 1. The maximum Gasteiger partial charge on any atom is 0.175 e. The molecule has 1 N–H and O–H groups in total. The van der Waals surface area contributed by atoms with Crippen molar-refractivity contribution in [1.82, 2.24) is 10.2 Å². The Kier molecular flexibility index (Phi) is 7.62. The van der Waals surface area contributed by atoms with Gasteiger partial charge in [0.25, 0.3) is 0 Å². The van der Waals surface area contributed by atoms with Crippen LogP contribution in [0.3, 0.4) is 0 Å². The van der Waals surface area contributed by atoms with Crippen LogP contribution in [0.1, 0.15) is 19.4 Å². The summed E-state index contributed by atoms with van der Waals surface area (Å²) in [5.74, 6) is 1.53. The fourth-order valence-electron chi connectivity index (χ4n) is 2.69. The van der Waals surface area contributed by atoms with Crippen molar-refractivity contribution >= 4 is 15.9 Å². The lowest BCUT2D eigenvalue weighted by atomic mass is 10.2. The smallest absolute Gasteiger partial charge is 0.175 e. The first-order chi connectivity index (χ1) is 11.1. The summed E-state index contributed by atoms with van der Waals surface area (Å²) < 4.78 is 17.4. The van der Waals surface area contributed by atoms with E-state index < -0.39 is 0 Å². The number of halogens is 1. The zero-order valence-electron chi connectivity index (χ0n) is 14.2. The van der Waals surface area contributed by atoms with Crippen molar-refractivity contribution < 1.29 is 14.2 Å². The number of morpholine rings is 1. The van der Waals surface area contributed by atoms with Crippen LogP contribution in [0, 0.1) is 0 Å². The molecule has 0 spiro atoms. The molecule has 1 saturated heterocycles. The Balaban J connectivity index is 1.90. The number of hydrogen-bond acceptors (Lipinski definition) is 5. The van der Waals surface area contributed by atoms with E-state index in [-0.39, 0.29) is 0 Å². The predicted molar refractivity (Wildman–Crippen MR) is 95.4 cm³/mol. The van der Waals surface area contributed by atoms with Gasteiger partial charge >= 0.3 is 0 Å². The van der Waals surface area contributed by atoms with E-state index in [2.05, 4.69) is 39.1 Å². The van der Waals surface area contributed by atoms with E-state index in [9.17, 15) is 0 Å². The molecule has 1 heterocycles. The normalized spacial score (nSPS) is 17.0. The van der Waals surface area contributed by atoms with E-state index in [0.717, 1.165) is 55.4 Å². The molecule has 2 rings (SSSR count). The molecule has 6 heteroatoms. The summed E-state index contributed by atoms with van der Waals surface area (Å²) in [7, 11) is 1.67. The first-order valence-electron chi connectivity index (χ1n) is 8.16.